The van der Waals surface area contributed by atoms with Gasteiger partial charge in [0.25, 0.3) is 10.1 Å². The van der Waals surface area contributed by atoms with Crippen LogP contribution in [0.15, 0.2) is 17.0 Å². The fourth-order valence-electron chi connectivity index (χ4n) is 2.97. The van der Waals surface area contributed by atoms with Gasteiger partial charge in [0.05, 0.1) is 4.90 Å². The molecule has 7 heteroatoms. The quantitative estimate of drug-likeness (QED) is 0.331. The van der Waals surface area contributed by atoms with Gasteiger partial charge < -0.3 is 10.2 Å². The van der Waals surface area contributed by atoms with Crippen molar-refractivity contribution in [2.45, 2.75) is 82.4 Å². The van der Waals surface area contributed by atoms with Crippen molar-refractivity contribution < 1.29 is 28.0 Å². The Bertz CT molecular complexity index is 682. The van der Waals surface area contributed by atoms with E-state index in [-0.39, 0.29) is 5.56 Å². The summed E-state index contributed by atoms with van der Waals surface area (Å²) in [5.41, 5.74) is -0.278. The molecule has 0 aliphatic carbocycles. The maximum absolute atomic E-state index is 11.3. The molecule has 3 N–H and O–H groups in total. The van der Waals surface area contributed by atoms with Crippen molar-refractivity contribution in [2.75, 3.05) is 0 Å². The summed E-state index contributed by atoms with van der Waals surface area (Å²) in [6.07, 6.45) is 11.8. The lowest BCUT2D eigenvalue weighted by molar-refractivity contribution is 0.0693. The summed E-state index contributed by atoms with van der Waals surface area (Å²) in [5, 5.41) is 19.1. The minimum absolute atomic E-state index is 0.233. The van der Waals surface area contributed by atoms with E-state index < -0.39 is 32.3 Å². The second kappa shape index (κ2) is 11.2. The Morgan fingerprint density at radius 2 is 1.42 bits per heavy atom. The van der Waals surface area contributed by atoms with Gasteiger partial charge in [-0.05, 0) is 30.5 Å². The molecule has 0 aromatic heterocycles. The van der Waals surface area contributed by atoms with Gasteiger partial charge in [-0.15, -0.1) is 0 Å². The topological polar surface area (TPSA) is 112 Å². The fraction of sp³-hybridized carbons (Fsp3) is 0.632. The largest absolute Gasteiger partial charge is 0.507 e. The first-order chi connectivity index (χ1) is 12.3. The van der Waals surface area contributed by atoms with Gasteiger partial charge in [0, 0.05) is 0 Å². The average Bonchev–Trinajstić information content (AvgIpc) is 2.56. The van der Waals surface area contributed by atoms with Crippen LogP contribution >= 0.6 is 0 Å². The number of carboxylic acid groups (broad SMARTS) is 1. The van der Waals surface area contributed by atoms with E-state index in [1.807, 2.05) is 0 Å². The highest BCUT2D eigenvalue weighted by Crippen LogP contribution is 2.28. The minimum Gasteiger partial charge on any atom is -0.507 e. The predicted molar refractivity (Wildman–Crippen MR) is 100 cm³/mol. The summed E-state index contributed by atoms with van der Waals surface area (Å²) in [5.74, 6) is -1.86. The molecular formula is C19H30O6S. The van der Waals surface area contributed by atoms with Crippen LogP contribution in [0.3, 0.4) is 0 Å². The van der Waals surface area contributed by atoms with Crippen LogP contribution in [0.5, 0.6) is 5.75 Å². The van der Waals surface area contributed by atoms with Crippen molar-refractivity contribution in [1.29, 1.82) is 0 Å². The zero-order chi connectivity index (χ0) is 19.6. The molecule has 148 valence electrons. The van der Waals surface area contributed by atoms with Crippen molar-refractivity contribution in [3.8, 4) is 5.75 Å². The van der Waals surface area contributed by atoms with Crippen molar-refractivity contribution in [3.05, 3.63) is 23.3 Å². The molecule has 0 aliphatic heterocycles. The number of hydrogen-bond acceptors (Lipinski definition) is 4. The molecular weight excluding hydrogens is 356 g/mol. The van der Waals surface area contributed by atoms with Gasteiger partial charge in [0.2, 0.25) is 0 Å². The predicted octanol–water partition coefficient (Wildman–Crippen LogP) is 4.80. The third-order valence-corrected chi connectivity index (χ3v) is 5.32. The van der Waals surface area contributed by atoms with Crippen LogP contribution in [0.1, 0.15) is 87.1 Å². The summed E-state index contributed by atoms with van der Waals surface area (Å²) >= 11 is 0. The number of rotatable bonds is 13. The van der Waals surface area contributed by atoms with Crippen LogP contribution in [-0.4, -0.2) is 29.2 Å². The fourth-order valence-corrected chi connectivity index (χ4v) is 3.53. The summed E-state index contributed by atoms with van der Waals surface area (Å²) in [6.45, 7) is 2.20. The van der Waals surface area contributed by atoms with Gasteiger partial charge in [-0.2, -0.15) is 8.42 Å². The highest BCUT2D eigenvalue weighted by molar-refractivity contribution is 7.85. The number of benzene rings is 1. The molecule has 0 fully saturated rings. The second-order valence-electron chi connectivity index (χ2n) is 6.69. The van der Waals surface area contributed by atoms with Gasteiger partial charge in [-0.1, -0.05) is 64.7 Å². The second-order valence-corrected chi connectivity index (χ2v) is 8.11. The third-order valence-electron chi connectivity index (χ3n) is 4.49. The molecule has 0 aliphatic rings. The number of aryl methyl sites for hydroxylation is 1. The first kappa shape index (κ1) is 22.4. The summed E-state index contributed by atoms with van der Waals surface area (Å²) in [6, 6.07) is 1.92. The summed E-state index contributed by atoms with van der Waals surface area (Å²) in [4.78, 5) is 10.7. The normalized spacial score (nSPS) is 11.6. The van der Waals surface area contributed by atoms with E-state index in [0.717, 1.165) is 37.8 Å². The summed E-state index contributed by atoms with van der Waals surface area (Å²) in [7, 11) is -4.52. The van der Waals surface area contributed by atoms with E-state index in [9.17, 15) is 18.3 Å². The van der Waals surface area contributed by atoms with Crippen LogP contribution in [0, 0.1) is 0 Å². The molecule has 0 saturated heterocycles. The van der Waals surface area contributed by atoms with Gasteiger partial charge in [0.15, 0.2) is 0 Å². The standard InChI is InChI=1S/C19H30O6S/c1-2-3-4-5-6-7-8-9-10-11-12-15-13-16(26(23,24)25)14-17(18(15)20)19(21)22/h13-14,20H,2-12H2,1H3,(H,21,22)(H,23,24,25). The number of aromatic carboxylic acids is 1. The average molecular weight is 387 g/mol. The van der Waals surface area contributed by atoms with Gasteiger partial charge in [0.1, 0.15) is 11.3 Å². The third kappa shape index (κ3) is 7.74. The molecule has 0 spiro atoms. The molecule has 6 nitrogen and oxygen atoms in total. The molecule has 0 radical (unpaired) electrons. The number of carbonyl (C=O) groups is 1. The lowest BCUT2D eigenvalue weighted by Gasteiger charge is -2.10. The molecule has 1 rings (SSSR count). The van der Waals surface area contributed by atoms with Crippen LogP contribution in [0.4, 0.5) is 0 Å². The maximum atomic E-state index is 11.3. The molecule has 0 saturated carbocycles. The monoisotopic (exact) mass is 386 g/mol. The number of unbranched alkanes of at least 4 members (excludes halogenated alkanes) is 9. The molecule has 0 atom stereocenters. The van der Waals surface area contributed by atoms with Gasteiger partial charge in [-0.3, -0.25) is 4.55 Å². The molecule has 1 aromatic rings. The van der Waals surface area contributed by atoms with Crippen molar-refractivity contribution >= 4 is 16.1 Å². The Balaban J connectivity index is 2.49. The highest BCUT2D eigenvalue weighted by atomic mass is 32.2. The van der Waals surface area contributed by atoms with E-state index in [1.165, 1.54) is 38.5 Å². The first-order valence-electron chi connectivity index (χ1n) is 9.34. The zero-order valence-corrected chi connectivity index (χ0v) is 16.2. The first-order valence-corrected chi connectivity index (χ1v) is 10.8. The Hall–Kier alpha value is -1.60. The number of hydrogen-bond donors (Lipinski definition) is 3. The Kier molecular flexibility index (Phi) is 9.65. The lowest BCUT2D eigenvalue weighted by atomic mass is 10.0. The Morgan fingerprint density at radius 1 is 0.923 bits per heavy atom. The van der Waals surface area contributed by atoms with Crippen LogP contribution in [-0.2, 0) is 16.5 Å². The van der Waals surface area contributed by atoms with E-state index in [4.69, 9.17) is 9.66 Å². The van der Waals surface area contributed by atoms with Crippen molar-refractivity contribution in [2.24, 2.45) is 0 Å². The number of phenols is 1. The van der Waals surface area contributed by atoms with Crippen LogP contribution < -0.4 is 0 Å². The smallest absolute Gasteiger partial charge is 0.339 e. The molecule has 0 amide bonds. The van der Waals surface area contributed by atoms with Crippen LogP contribution in [0.25, 0.3) is 0 Å². The minimum atomic E-state index is -4.52. The van der Waals surface area contributed by atoms with E-state index in [2.05, 4.69) is 6.92 Å². The van der Waals surface area contributed by atoms with Gasteiger partial charge >= 0.3 is 5.97 Å². The van der Waals surface area contributed by atoms with E-state index >= 15 is 0 Å². The zero-order valence-electron chi connectivity index (χ0n) is 15.4. The van der Waals surface area contributed by atoms with E-state index in [0.29, 0.717) is 6.42 Å². The van der Waals surface area contributed by atoms with Crippen molar-refractivity contribution in [3.63, 3.8) is 0 Å². The van der Waals surface area contributed by atoms with Gasteiger partial charge in [-0.25, -0.2) is 4.79 Å². The summed E-state index contributed by atoms with van der Waals surface area (Å²) < 4.78 is 31.7. The number of carboxylic acids is 1. The maximum Gasteiger partial charge on any atom is 0.339 e. The molecule has 1 aromatic carbocycles. The van der Waals surface area contributed by atoms with Crippen molar-refractivity contribution in [1.82, 2.24) is 0 Å². The lowest BCUT2D eigenvalue weighted by Crippen LogP contribution is -2.05. The molecule has 0 bridgehead atoms. The molecule has 0 unspecified atom stereocenters. The highest BCUT2D eigenvalue weighted by Gasteiger charge is 2.20. The van der Waals surface area contributed by atoms with Crippen LogP contribution in [0.2, 0.25) is 0 Å². The number of aromatic hydroxyl groups is 1. The molecule has 0 heterocycles. The SMILES string of the molecule is CCCCCCCCCCCCc1cc(S(=O)(=O)O)cc(C(=O)O)c1O. The van der Waals surface area contributed by atoms with E-state index in [1.54, 1.807) is 0 Å². The Morgan fingerprint density at radius 3 is 1.88 bits per heavy atom. The Labute approximate surface area is 156 Å². The molecule has 26 heavy (non-hydrogen) atoms.